The van der Waals surface area contributed by atoms with Crippen molar-refractivity contribution < 1.29 is 9.21 Å². The number of primary amides is 1. The molecule has 0 atom stereocenters. The maximum Gasteiger partial charge on any atom is 0.260 e. The third kappa shape index (κ3) is 4.25. The number of fused-ring (bicyclic) bond motifs is 1. The van der Waals surface area contributed by atoms with E-state index in [1.54, 1.807) is 0 Å². The van der Waals surface area contributed by atoms with Gasteiger partial charge in [-0.2, -0.15) is 0 Å². The molecule has 1 aliphatic heterocycles. The van der Waals surface area contributed by atoms with Gasteiger partial charge in [0.25, 0.3) is 5.91 Å². The molecule has 4 rings (SSSR count). The summed E-state index contributed by atoms with van der Waals surface area (Å²) in [4.78, 5) is 26.7. The fraction of sp³-hybridized carbons (Fsp3) is 0.450. The molecule has 0 radical (unpaired) electrons. The summed E-state index contributed by atoms with van der Waals surface area (Å²) in [6.07, 6.45) is 0.986. The molecule has 0 aromatic carbocycles. The minimum atomic E-state index is -0.571. The van der Waals surface area contributed by atoms with Crippen molar-refractivity contribution in [2.45, 2.75) is 13.3 Å². The molecule has 4 heterocycles. The standard InChI is InChI=1S/C20H27N7O2S/c1-12-4-5-13(29-12)16-14-15(21)17(18(22)28)30-19(14)25-20(24-16)23-6-3-7-27-10-8-26(2)9-11-27/h4-5H,3,6-11,21H2,1-2H3,(H2,22,28)(H,23,24,25). The predicted molar refractivity (Wildman–Crippen MR) is 120 cm³/mol. The fourth-order valence-electron chi connectivity index (χ4n) is 3.60. The highest BCUT2D eigenvalue weighted by atomic mass is 32.1. The van der Waals surface area contributed by atoms with E-state index in [0.29, 0.717) is 33.3 Å². The van der Waals surface area contributed by atoms with Crippen LogP contribution in [0.2, 0.25) is 0 Å². The molecule has 1 saturated heterocycles. The molecule has 1 fully saturated rings. The van der Waals surface area contributed by atoms with Gasteiger partial charge in [0.1, 0.15) is 21.2 Å². The Labute approximate surface area is 179 Å². The van der Waals surface area contributed by atoms with Crippen molar-refractivity contribution in [3.05, 3.63) is 22.8 Å². The quantitative estimate of drug-likeness (QED) is 0.487. The van der Waals surface area contributed by atoms with Crippen molar-refractivity contribution in [1.82, 2.24) is 19.8 Å². The Bertz CT molecular complexity index is 1050. The maximum absolute atomic E-state index is 11.8. The summed E-state index contributed by atoms with van der Waals surface area (Å²) in [5, 5.41) is 3.91. The number of likely N-dealkylation sites (N-methyl/N-ethyl adjacent to an activating group) is 1. The Hall–Kier alpha value is -2.69. The number of furan rings is 1. The third-order valence-corrected chi connectivity index (χ3v) is 6.43. The second-order valence-electron chi connectivity index (χ2n) is 7.62. The second kappa shape index (κ2) is 8.58. The number of hydrogen-bond acceptors (Lipinski definition) is 9. The van der Waals surface area contributed by atoms with Gasteiger partial charge >= 0.3 is 0 Å². The van der Waals surface area contributed by atoms with Crippen molar-refractivity contribution in [3.8, 4) is 11.5 Å². The Morgan fingerprint density at radius 2 is 2.03 bits per heavy atom. The lowest BCUT2D eigenvalue weighted by atomic mass is 10.2. The van der Waals surface area contributed by atoms with Gasteiger partial charge in [-0.05, 0) is 39.1 Å². The van der Waals surface area contributed by atoms with E-state index in [0.717, 1.165) is 51.4 Å². The number of piperazine rings is 1. The number of hydrogen-bond donors (Lipinski definition) is 3. The van der Waals surface area contributed by atoms with Gasteiger partial charge in [0, 0.05) is 32.7 Å². The summed E-state index contributed by atoms with van der Waals surface area (Å²) >= 11 is 1.18. The topological polar surface area (TPSA) is 127 Å². The lowest BCUT2D eigenvalue weighted by Gasteiger charge is -2.32. The molecular weight excluding hydrogens is 402 g/mol. The zero-order valence-corrected chi connectivity index (χ0v) is 18.1. The molecular formula is C20H27N7O2S. The predicted octanol–water partition coefficient (Wildman–Crippen LogP) is 1.99. The summed E-state index contributed by atoms with van der Waals surface area (Å²) in [6.45, 7) is 8.08. The van der Waals surface area contributed by atoms with Gasteiger partial charge in [-0.3, -0.25) is 4.79 Å². The number of rotatable bonds is 7. The Morgan fingerprint density at radius 1 is 1.27 bits per heavy atom. The number of carbonyl (C=O) groups excluding carboxylic acids is 1. The van der Waals surface area contributed by atoms with Crippen LogP contribution in [0.15, 0.2) is 16.5 Å². The number of nitrogens with one attached hydrogen (secondary N) is 1. The highest BCUT2D eigenvalue weighted by Gasteiger charge is 2.22. The number of thiophene rings is 1. The van der Waals surface area contributed by atoms with E-state index in [4.69, 9.17) is 15.9 Å². The first-order chi connectivity index (χ1) is 14.4. The van der Waals surface area contributed by atoms with Crippen LogP contribution in [0, 0.1) is 6.92 Å². The van der Waals surface area contributed by atoms with Crippen LogP contribution in [-0.2, 0) is 0 Å². The molecule has 30 heavy (non-hydrogen) atoms. The van der Waals surface area contributed by atoms with Crippen molar-refractivity contribution in [1.29, 1.82) is 0 Å². The van der Waals surface area contributed by atoms with E-state index in [9.17, 15) is 4.79 Å². The van der Waals surface area contributed by atoms with Gasteiger partial charge in [-0.15, -0.1) is 11.3 Å². The van der Waals surface area contributed by atoms with Gasteiger partial charge in [0.15, 0.2) is 5.76 Å². The van der Waals surface area contributed by atoms with E-state index in [-0.39, 0.29) is 4.88 Å². The lowest BCUT2D eigenvalue weighted by Crippen LogP contribution is -2.44. The Morgan fingerprint density at radius 3 is 2.70 bits per heavy atom. The van der Waals surface area contributed by atoms with Crippen molar-refractivity contribution in [3.63, 3.8) is 0 Å². The van der Waals surface area contributed by atoms with E-state index < -0.39 is 5.91 Å². The molecule has 0 saturated carbocycles. The van der Waals surface area contributed by atoms with Gasteiger partial charge in [0.2, 0.25) is 5.95 Å². The first kappa shape index (κ1) is 20.6. The number of aryl methyl sites for hydroxylation is 1. The fourth-order valence-corrected chi connectivity index (χ4v) is 4.55. The van der Waals surface area contributed by atoms with Crippen LogP contribution >= 0.6 is 11.3 Å². The number of amides is 1. The van der Waals surface area contributed by atoms with Crippen molar-refractivity contribution in [2.24, 2.45) is 5.73 Å². The average molecular weight is 430 g/mol. The van der Waals surface area contributed by atoms with Crippen LogP contribution in [-0.4, -0.2) is 72.0 Å². The van der Waals surface area contributed by atoms with Gasteiger partial charge in [0.05, 0.1) is 11.1 Å². The third-order valence-electron chi connectivity index (χ3n) is 5.32. The molecule has 0 unspecified atom stereocenters. The summed E-state index contributed by atoms with van der Waals surface area (Å²) in [6, 6.07) is 3.71. The normalized spacial score (nSPS) is 15.7. The molecule has 0 spiro atoms. The summed E-state index contributed by atoms with van der Waals surface area (Å²) in [7, 11) is 2.16. The zero-order chi connectivity index (χ0) is 21.3. The number of aromatic nitrogens is 2. The van der Waals surface area contributed by atoms with Crippen molar-refractivity contribution >= 4 is 39.1 Å². The van der Waals surface area contributed by atoms with Gasteiger partial charge in [-0.25, -0.2) is 9.97 Å². The largest absolute Gasteiger partial charge is 0.460 e. The molecule has 3 aromatic heterocycles. The first-order valence-electron chi connectivity index (χ1n) is 10.0. The van der Waals surface area contributed by atoms with Gasteiger partial charge < -0.3 is 31.0 Å². The molecule has 5 N–H and O–H groups in total. The molecule has 1 aliphatic rings. The molecule has 0 bridgehead atoms. The average Bonchev–Trinajstić information content (AvgIpc) is 3.30. The van der Waals surface area contributed by atoms with Crippen LogP contribution in [0.1, 0.15) is 21.9 Å². The number of carbonyl (C=O) groups is 1. The lowest BCUT2D eigenvalue weighted by molar-refractivity contribution is 0.100. The van der Waals surface area contributed by atoms with Crippen LogP contribution < -0.4 is 16.8 Å². The Balaban J connectivity index is 1.54. The smallest absolute Gasteiger partial charge is 0.260 e. The molecule has 10 heteroatoms. The van der Waals surface area contributed by atoms with E-state index in [2.05, 4.69) is 32.1 Å². The molecule has 1 amide bonds. The summed E-state index contributed by atoms with van der Waals surface area (Å²) in [5.74, 6) is 1.27. The monoisotopic (exact) mass is 429 g/mol. The number of nitrogen functional groups attached to an aromatic ring is 1. The van der Waals surface area contributed by atoms with Crippen molar-refractivity contribution in [2.75, 3.05) is 57.4 Å². The first-order valence-corrected chi connectivity index (χ1v) is 10.9. The van der Waals surface area contributed by atoms with Gasteiger partial charge in [-0.1, -0.05) is 0 Å². The van der Waals surface area contributed by atoms with Crippen LogP contribution in [0.5, 0.6) is 0 Å². The highest BCUT2D eigenvalue weighted by molar-refractivity contribution is 7.21. The highest BCUT2D eigenvalue weighted by Crippen LogP contribution is 2.39. The van der Waals surface area contributed by atoms with E-state index in [1.807, 2.05) is 19.1 Å². The SMILES string of the molecule is Cc1ccc(-c2nc(NCCCN3CCN(C)CC3)nc3sc(C(N)=O)c(N)c23)o1. The number of nitrogens with two attached hydrogens (primary N) is 2. The van der Waals surface area contributed by atoms with E-state index >= 15 is 0 Å². The van der Waals surface area contributed by atoms with E-state index in [1.165, 1.54) is 11.3 Å². The second-order valence-corrected chi connectivity index (χ2v) is 8.62. The summed E-state index contributed by atoms with van der Waals surface area (Å²) in [5.41, 5.74) is 12.6. The molecule has 9 nitrogen and oxygen atoms in total. The maximum atomic E-state index is 11.8. The minimum absolute atomic E-state index is 0.288. The Kier molecular flexibility index (Phi) is 5.89. The van der Waals surface area contributed by atoms with Crippen LogP contribution in [0.4, 0.5) is 11.6 Å². The molecule has 3 aromatic rings. The summed E-state index contributed by atoms with van der Waals surface area (Å²) < 4.78 is 5.78. The van der Waals surface area contributed by atoms with Crippen LogP contribution in [0.3, 0.4) is 0 Å². The molecule has 160 valence electrons. The number of anilines is 2. The number of nitrogens with zero attached hydrogens (tertiary/aromatic N) is 4. The minimum Gasteiger partial charge on any atom is -0.460 e. The zero-order valence-electron chi connectivity index (χ0n) is 17.3. The van der Waals surface area contributed by atoms with Crippen LogP contribution in [0.25, 0.3) is 21.7 Å². The molecule has 0 aliphatic carbocycles.